The lowest BCUT2D eigenvalue weighted by molar-refractivity contribution is 0.479. The maximum absolute atomic E-state index is 5.86. The first kappa shape index (κ1) is 13.1. The maximum atomic E-state index is 5.86. The highest BCUT2D eigenvalue weighted by atomic mass is 79.9. The van der Waals surface area contributed by atoms with Gasteiger partial charge in [-0.1, -0.05) is 25.1 Å². The molecule has 0 atom stereocenters. The van der Waals surface area contributed by atoms with Gasteiger partial charge in [0.15, 0.2) is 0 Å². The molecule has 2 rings (SSSR count). The molecule has 0 aromatic heterocycles. The summed E-state index contributed by atoms with van der Waals surface area (Å²) in [7, 11) is 0. The van der Waals surface area contributed by atoms with Gasteiger partial charge in [0.05, 0.1) is 4.47 Å². The van der Waals surface area contributed by atoms with E-state index in [9.17, 15) is 0 Å². The molecule has 94 valence electrons. The quantitative estimate of drug-likeness (QED) is 0.916. The lowest BCUT2D eigenvalue weighted by Gasteiger charge is -2.09. The van der Waals surface area contributed by atoms with E-state index >= 15 is 0 Å². The van der Waals surface area contributed by atoms with E-state index in [1.807, 2.05) is 30.3 Å². The van der Waals surface area contributed by atoms with Gasteiger partial charge in [-0.25, -0.2) is 0 Å². The van der Waals surface area contributed by atoms with Crippen LogP contribution in [0.2, 0.25) is 0 Å². The molecule has 3 heteroatoms. The number of aryl methyl sites for hydroxylation is 1. The summed E-state index contributed by atoms with van der Waals surface area (Å²) < 4.78 is 6.79. The molecule has 18 heavy (non-hydrogen) atoms. The second-order valence-corrected chi connectivity index (χ2v) is 4.93. The van der Waals surface area contributed by atoms with Crippen molar-refractivity contribution in [1.82, 2.24) is 0 Å². The molecule has 2 N–H and O–H groups in total. The molecular weight excluding hydrogens is 290 g/mol. The molecule has 0 aliphatic heterocycles. The monoisotopic (exact) mass is 305 g/mol. The third-order valence-electron chi connectivity index (χ3n) is 2.77. The van der Waals surface area contributed by atoms with E-state index in [1.54, 1.807) is 0 Å². The Kier molecular flexibility index (Phi) is 4.39. The molecule has 0 bridgehead atoms. The van der Waals surface area contributed by atoms with E-state index in [1.165, 1.54) is 5.56 Å². The van der Waals surface area contributed by atoms with Gasteiger partial charge in [-0.05, 0) is 57.7 Å². The van der Waals surface area contributed by atoms with E-state index in [2.05, 4.69) is 35.0 Å². The molecule has 0 radical (unpaired) electrons. The Morgan fingerprint density at radius 3 is 2.61 bits per heavy atom. The molecule has 0 aliphatic carbocycles. The molecular formula is C15H16BrNO. The third kappa shape index (κ3) is 3.12. The Hall–Kier alpha value is -1.32. The molecule has 0 unspecified atom stereocenters. The van der Waals surface area contributed by atoms with Gasteiger partial charge in [0.1, 0.15) is 11.5 Å². The van der Waals surface area contributed by atoms with Crippen molar-refractivity contribution in [3.63, 3.8) is 0 Å². The van der Waals surface area contributed by atoms with Crippen LogP contribution in [0.15, 0.2) is 46.9 Å². The number of halogens is 1. The second-order valence-electron chi connectivity index (χ2n) is 4.07. The third-order valence-corrected chi connectivity index (χ3v) is 3.39. The van der Waals surface area contributed by atoms with E-state index in [0.717, 1.165) is 28.0 Å². The average Bonchev–Trinajstić information content (AvgIpc) is 2.41. The van der Waals surface area contributed by atoms with Gasteiger partial charge in [0.2, 0.25) is 0 Å². The molecule has 0 heterocycles. The number of nitrogens with two attached hydrogens (primary N) is 1. The lowest BCUT2D eigenvalue weighted by Crippen LogP contribution is -1.96. The summed E-state index contributed by atoms with van der Waals surface area (Å²) in [5.41, 5.74) is 7.94. The number of hydrogen-bond donors (Lipinski definition) is 1. The Bertz CT molecular complexity index is 540. The molecule has 2 nitrogen and oxygen atoms in total. The Balaban J connectivity index is 2.22. The minimum atomic E-state index is 0.532. The van der Waals surface area contributed by atoms with Crippen LogP contribution in [0.3, 0.4) is 0 Å². The van der Waals surface area contributed by atoms with Crippen molar-refractivity contribution < 1.29 is 4.74 Å². The molecule has 0 aliphatic rings. The fraction of sp³-hybridized carbons (Fsp3) is 0.200. The van der Waals surface area contributed by atoms with Crippen LogP contribution in [0.5, 0.6) is 11.5 Å². The van der Waals surface area contributed by atoms with E-state index in [0.29, 0.717) is 6.54 Å². The zero-order chi connectivity index (χ0) is 13.0. The largest absolute Gasteiger partial charge is 0.456 e. The van der Waals surface area contributed by atoms with Crippen LogP contribution in [-0.4, -0.2) is 0 Å². The number of ether oxygens (including phenoxy) is 1. The van der Waals surface area contributed by atoms with Crippen molar-refractivity contribution in [3.05, 3.63) is 58.1 Å². The van der Waals surface area contributed by atoms with Crippen LogP contribution in [-0.2, 0) is 13.0 Å². The minimum absolute atomic E-state index is 0.532. The smallest absolute Gasteiger partial charge is 0.141 e. The lowest BCUT2D eigenvalue weighted by atomic mass is 10.1. The summed E-state index contributed by atoms with van der Waals surface area (Å²) in [6, 6.07) is 14.0. The van der Waals surface area contributed by atoms with Crippen LogP contribution < -0.4 is 10.5 Å². The molecule has 0 saturated heterocycles. The van der Waals surface area contributed by atoms with Crippen molar-refractivity contribution >= 4 is 15.9 Å². The van der Waals surface area contributed by atoms with Crippen molar-refractivity contribution in [3.8, 4) is 11.5 Å². The number of benzene rings is 2. The topological polar surface area (TPSA) is 35.2 Å². The fourth-order valence-electron chi connectivity index (χ4n) is 1.71. The first-order chi connectivity index (χ1) is 8.72. The highest BCUT2D eigenvalue weighted by molar-refractivity contribution is 9.10. The van der Waals surface area contributed by atoms with E-state index < -0.39 is 0 Å². The van der Waals surface area contributed by atoms with Gasteiger partial charge in [-0.3, -0.25) is 0 Å². The standard InChI is InChI=1S/C15H16BrNO/c1-2-11-4-3-5-13(8-11)18-15-7-6-12(10-17)9-14(15)16/h3-9H,2,10,17H2,1H3. The van der Waals surface area contributed by atoms with Crippen molar-refractivity contribution in [2.45, 2.75) is 19.9 Å². The normalized spacial score (nSPS) is 10.4. The Morgan fingerprint density at radius 1 is 1.11 bits per heavy atom. The van der Waals surface area contributed by atoms with Gasteiger partial charge in [-0.2, -0.15) is 0 Å². The summed E-state index contributed by atoms with van der Waals surface area (Å²) >= 11 is 3.50. The van der Waals surface area contributed by atoms with Crippen LogP contribution in [0.25, 0.3) is 0 Å². The predicted octanol–water partition coefficient (Wildman–Crippen LogP) is 4.26. The highest BCUT2D eigenvalue weighted by Gasteiger charge is 2.04. The average molecular weight is 306 g/mol. The SMILES string of the molecule is CCc1cccc(Oc2ccc(CN)cc2Br)c1. The van der Waals surface area contributed by atoms with E-state index in [4.69, 9.17) is 10.5 Å². The summed E-state index contributed by atoms with van der Waals surface area (Å²) in [5.74, 6) is 1.66. The Morgan fingerprint density at radius 2 is 1.94 bits per heavy atom. The zero-order valence-corrected chi connectivity index (χ0v) is 11.9. The fourth-order valence-corrected chi connectivity index (χ4v) is 2.22. The summed E-state index contributed by atoms with van der Waals surface area (Å²) in [5, 5.41) is 0. The van der Waals surface area contributed by atoms with Crippen LogP contribution in [0.1, 0.15) is 18.1 Å². The van der Waals surface area contributed by atoms with Crippen LogP contribution in [0.4, 0.5) is 0 Å². The summed E-state index contributed by atoms with van der Waals surface area (Å²) in [4.78, 5) is 0. The van der Waals surface area contributed by atoms with Gasteiger partial charge < -0.3 is 10.5 Å². The first-order valence-corrected chi connectivity index (χ1v) is 6.77. The van der Waals surface area contributed by atoms with Gasteiger partial charge in [0.25, 0.3) is 0 Å². The molecule has 0 saturated carbocycles. The molecule has 0 fully saturated rings. The van der Waals surface area contributed by atoms with E-state index in [-0.39, 0.29) is 0 Å². The molecule has 2 aromatic rings. The zero-order valence-electron chi connectivity index (χ0n) is 10.3. The van der Waals surface area contributed by atoms with Crippen LogP contribution in [0, 0.1) is 0 Å². The molecule has 0 amide bonds. The number of hydrogen-bond acceptors (Lipinski definition) is 2. The maximum Gasteiger partial charge on any atom is 0.141 e. The second kappa shape index (κ2) is 6.03. The van der Waals surface area contributed by atoms with Crippen LogP contribution >= 0.6 is 15.9 Å². The Labute approximate surface area is 116 Å². The molecule has 2 aromatic carbocycles. The molecule has 0 spiro atoms. The number of rotatable bonds is 4. The highest BCUT2D eigenvalue weighted by Crippen LogP contribution is 2.30. The summed E-state index contributed by atoms with van der Waals surface area (Å²) in [6.07, 6.45) is 1.00. The van der Waals surface area contributed by atoms with Crippen molar-refractivity contribution in [1.29, 1.82) is 0 Å². The first-order valence-electron chi connectivity index (χ1n) is 5.98. The van der Waals surface area contributed by atoms with Gasteiger partial charge in [0, 0.05) is 6.54 Å². The predicted molar refractivity (Wildman–Crippen MR) is 77.9 cm³/mol. The van der Waals surface area contributed by atoms with Gasteiger partial charge in [-0.15, -0.1) is 0 Å². The van der Waals surface area contributed by atoms with Crippen molar-refractivity contribution in [2.24, 2.45) is 5.73 Å². The minimum Gasteiger partial charge on any atom is -0.456 e. The summed E-state index contributed by atoms with van der Waals surface area (Å²) in [6.45, 7) is 2.66. The van der Waals surface area contributed by atoms with Crippen molar-refractivity contribution in [2.75, 3.05) is 0 Å². The van der Waals surface area contributed by atoms with Gasteiger partial charge >= 0.3 is 0 Å².